The summed E-state index contributed by atoms with van der Waals surface area (Å²) < 4.78 is 2.15. The van der Waals surface area contributed by atoms with Crippen LogP contribution in [0.2, 0.25) is 0 Å². The van der Waals surface area contributed by atoms with Gasteiger partial charge >= 0.3 is 0 Å². The highest BCUT2D eigenvalue weighted by atomic mass is 16.1. The number of aromatic nitrogens is 1. The molecule has 0 fully saturated rings. The Hall–Kier alpha value is -3.92. The second-order valence-electron chi connectivity index (χ2n) is 8.93. The first-order valence-electron chi connectivity index (χ1n) is 11.6. The van der Waals surface area contributed by atoms with Gasteiger partial charge in [-0.05, 0) is 55.7 Å². The first-order valence-corrected chi connectivity index (χ1v) is 11.6. The van der Waals surface area contributed by atoms with Crippen molar-refractivity contribution in [2.45, 2.75) is 32.2 Å². The molecular formula is C30H30N2O2. The second-order valence-corrected chi connectivity index (χ2v) is 8.93. The van der Waals surface area contributed by atoms with E-state index in [1.54, 1.807) is 12.1 Å². The van der Waals surface area contributed by atoms with Gasteiger partial charge < -0.3 is 10.3 Å². The molecule has 1 aromatic heterocycles. The molecule has 34 heavy (non-hydrogen) atoms. The lowest BCUT2D eigenvalue weighted by Gasteiger charge is -2.30. The topological polar surface area (TPSA) is 65.1 Å². The summed E-state index contributed by atoms with van der Waals surface area (Å²) in [5.74, 6) is -0.819. The number of hydrogen-bond acceptors (Lipinski definition) is 2. The number of amides is 1. The Morgan fingerprint density at radius 3 is 1.91 bits per heavy atom. The number of nitrogens with zero attached hydrogens (tertiary/aromatic N) is 1. The average Bonchev–Trinajstić information content (AvgIpc) is 3.40. The highest BCUT2D eigenvalue weighted by molar-refractivity contribution is 5.99. The quantitative estimate of drug-likeness (QED) is 0.310. The summed E-state index contributed by atoms with van der Waals surface area (Å²) in [5.41, 5.74) is 9.82. The first kappa shape index (κ1) is 23.2. The van der Waals surface area contributed by atoms with E-state index in [2.05, 4.69) is 23.6 Å². The molecule has 0 radical (unpaired) electrons. The fourth-order valence-electron chi connectivity index (χ4n) is 4.63. The van der Waals surface area contributed by atoms with E-state index in [1.165, 1.54) is 0 Å². The van der Waals surface area contributed by atoms with Gasteiger partial charge in [-0.25, -0.2) is 0 Å². The molecule has 0 aliphatic carbocycles. The van der Waals surface area contributed by atoms with Gasteiger partial charge in [0.25, 0.3) is 0 Å². The first-order chi connectivity index (χ1) is 16.4. The van der Waals surface area contributed by atoms with Crippen molar-refractivity contribution < 1.29 is 9.59 Å². The highest BCUT2D eigenvalue weighted by Gasteiger charge is 2.33. The van der Waals surface area contributed by atoms with Gasteiger partial charge in [0.1, 0.15) is 0 Å². The molecule has 0 aliphatic rings. The van der Waals surface area contributed by atoms with E-state index in [9.17, 15) is 9.59 Å². The van der Waals surface area contributed by atoms with Crippen molar-refractivity contribution in [3.63, 3.8) is 0 Å². The Morgan fingerprint density at radius 1 is 0.765 bits per heavy atom. The average molecular weight is 451 g/mol. The van der Waals surface area contributed by atoms with Crippen molar-refractivity contribution in [2.24, 2.45) is 11.7 Å². The zero-order valence-electron chi connectivity index (χ0n) is 19.6. The third-order valence-corrected chi connectivity index (χ3v) is 6.52. The van der Waals surface area contributed by atoms with E-state index < -0.39 is 5.91 Å². The number of nitrogens with two attached hydrogens (primary N) is 1. The molecule has 0 saturated carbocycles. The van der Waals surface area contributed by atoms with Gasteiger partial charge in [-0.2, -0.15) is 0 Å². The highest BCUT2D eigenvalue weighted by Crippen LogP contribution is 2.39. The number of rotatable bonds is 9. The fourth-order valence-corrected chi connectivity index (χ4v) is 4.63. The van der Waals surface area contributed by atoms with Crippen LogP contribution in [0.3, 0.4) is 0 Å². The Morgan fingerprint density at radius 2 is 1.32 bits per heavy atom. The standard InChI is InChI=1S/C30H30N2O2/c1-21-10-12-25(13-11-21)29(33)27(20-22(2)32-18-6-7-19-32)28(23-8-4-3-5-9-23)24-14-16-26(17-15-24)30(31)34/h3-19,22,27-28H,20H2,1-2H3,(H2,31,34)/t22-,27-,28-/m0/s1. The van der Waals surface area contributed by atoms with Crippen molar-refractivity contribution in [3.8, 4) is 0 Å². The van der Waals surface area contributed by atoms with Crippen LogP contribution in [0.15, 0.2) is 103 Å². The Balaban J connectivity index is 1.81. The maximum atomic E-state index is 14.0. The summed E-state index contributed by atoms with van der Waals surface area (Å²) in [6.45, 7) is 4.17. The van der Waals surface area contributed by atoms with E-state index in [-0.39, 0.29) is 23.7 Å². The fraction of sp³-hybridized carbons (Fsp3) is 0.200. The molecule has 0 bridgehead atoms. The minimum atomic E-state index is -0.462. The van der Waals surface area contributed by atoms with Crippen LogP contribution >= 0.6 is 0 Å². The maximum Gasteiger partial charge on any atom is 0.248 e. The molecule has 0 saturated heterocycles. The summed E-state index contributed by atoms with van der Waals surface area (Å²) >= 11 is 0. The molecule has 1 amide bonds. The summed E-state index contributed by atoms with van der Waals surface area (Å²) in [6.07, 6.45) is 4.74. The lowest BCUT2D eigenvalue weighted by Crippen LogP contribution is -2.26. The lowest BCUT2D eigenvalue weighted by atomic mass is 9.74. The molecule has 172 valence electrons. The number of primary amides is 1. The van der Waals surface area contributed by atoms with E-state index in [1.807, 2.05) is 86.0 Å². The molecule has 4 aromatic rings. The molecule has 0 aliphatic heterocycles. The Bertz CT molecular complexity index is 1230. The van der Waals surface area contributed by atoms with Crippen LogP contribution < -0.4 is 5.73 Å². The molecular weight excluding hydrogens is 420 g/mol. The Kier molecular flexibility index (Phi) is 7.07. The predicted molar refractivity (Wildman–Crippen MR) is 136 cm³/mol. The zero-order valence-corrected chi connectivity index (χ0v) is 19.6. The van der Waals surface area contributed by atoms with Crippen LogP contribution in [0.25, 0.3) is 0 Å². The number of benzene rings is 3. The van der Waals surface area contributed by atoms with Gasteiger partial charge in [-0.3, -0.25) is 9.59 Å². The minimum absolute atomic E-state index is 0.117. The second kappa shape index (κ2) is 10.3. The van der Waals surface area contributed by atoms with E-state index in [0.29, 0.717) is 17.5 Å². The van der Waals surface area contributed by atoms with Gasteiger partial charge in [0, 0.05) is 41.4 Å². The number of ketones is 1. The van der Waals surface area contributed by atoms with Crippen molar-refractivity contribution in [2.75, 3.05) is 0 Å². The van der Waals surface area contributed by atoms with Crippen LogP contribution in [0.4, 0.5) is 0 Å². The number of carbonyl (C=O) groups excluding carboxylic acids is 2. The number of Topliss-reactive ketones (excluding diaryl/α,β-unsaturated/α-hetero) is 1. The summed E-state index contributed by atoms with van der Waals surface area (Å²) in [5, 5.41) is 0. The van der Waals surface area contributed by atoms with Gasteiger partial charge in [0.05, 0.1) is 0 Å². The molecule has 2 N–H and O–H groups in total. The summed E-state index contributed by atoms with van der Waals surface area (Å²) in [6, 6.07) is 29.4. The number of carbonyl (C=O) groups is 2. The van der Waals surface area contributed by atoms with Crippen molar-refractivity contribution in [3.05, 3.63) is 131 Å². The van der Waals surface area contributed by atoms with Gasteiger partial charge in [-0.15, -0.1) is 0 Å². The zero-order chi connectivity index (χ0) is 24.1. The van der Waals surface area contributed by atoms with Crippen molar-refractivity contribution in [1.29, 1.82) is 0 Å². The van der Waals surface area contributed by atoms with Crippen LogP contribution in [0, 0.1) is 12.8 Å². The monoisotopic (exact) mass is 450 g/mol. The molecule has 4 heteroatoms. The summed E-state index contributed by atoms with van der Waals surface area (Å²) in [7, 11) is 0. The molecule has 0 unspecified atom stereocenters. The lowest BCUT2D eigenvalue weighted by molar-refractivity contribution is 0.0888. The number of hydrogen-bond donors (Lipinski definition) is 1. The van der Waals surface area contributed by atoms with Crippen LogP contribution in [0.1, 0.15) is 62.7 Å². The largest absolute Gasteiger partial charge is 0.366 e. The molecule has 4 rings (SSSR count). The van der Waals surface area contributed by atoms with Gasteiger partial charge in [0.2, 0.25) is 5.91 Å². The molecule has 0 spiro atoms. The van der Waals surface area contributed by atoms with Crippen LogP contribution in [0.5, 0.6) is 0 Å². The van der Waals surface area contributed by atoms with Crippen LogP contribution in [-0.4, -0.2) is 16.3 Å². The minimum Gasteiger partial charge on any atom is -0.366 e. The SMILES string of the molecule is Cc1ccc(C(=O)[C@@H](C[C@H](C)n2cccc2)[C@@H](c2ccccc2)c2ccc(C(N)=O)cc2)cc1. The van der Waals surface area contributed by atoms with Crippen LogP contribution in [-0.2, 0) is 0 Å². The smallest absolute Gasteiger partial charge is 0.248 e. The van der Waals surface area contributed by atoms with Crippen molar-refractivity contribution in [1.82, 2.24) is 4.57 Å². The number of aryl methyl sites for hydroxylation is 1. The van der Waals surface area contributed by atoms with E-state index in [0.717, 1.165) is 16.7 Å². The third-order valence-electron chi connectivity index (χ3n) is 6.52. The van der Waals surface area contributed by atoms with Gasteiger partial charge in [0.15, 0.2) is 5.78 Å². The summed E-state index contributed by atoms with van der Waals surface area (Å²) in [4.78, 5) is 25.7. The predicted octanol–water partition coefficient (Wildman–Crippen LogP) is 6.18. The maximum absolute atomic E-state index is 14.0. The molecule has 3 aromatic carbocycles. The molecule has 1 heterocycles. The van der Waals surface area contributed by atoms with E-state index >= 15 is 0 Å². The Labute approximate surface area is 201 Å². The van der Waals surface area contributed by atoms with Crippen molar-refractivity contribution >= 4 is 11.7 Å². The molecule has 3 atom stereocenters. The normalized spacial score (nSPS) is 13.7. The van der Waals surface area contributed by atoms with Gasteiger partial charge in [-0.1, -0.05) is 72.3 Å². The molecule has 4 nitrogen and oxygen atoms in total. The third kappa shape index (κ3) is 5.18. The van der Waals surface area contributed by atoms with E-state index in [4.69, 9.17) is 5.73 Å².